The summed E-state index contributed by atoms with van der Waals surface area (Å²) in [6, 6.07) is 7.97. The molecule has 1 aromatic carbocycles. The zero-order valence-corrected chi connectivity index (χ0v) is 12.5. The minimum atomic E-state index is -0.0370. The van der Waals surface area contributed by atoms with Crippen LogP contribution in [0, 0.1) is 0 Å². The molecule has 1 atom stereocenters. The lowest BCUT2D eigenvalue weighted by Gasteiger charge is -2.11. The van der Waals surface area contributed by atoms with E-state index in [1.807, 2.05) is 18.2 Å². The summed E-state index contributed by atoms with van der Waals surface area (Å²) in [7, 11) is 1.64. The zero-order valence-electron chi connectivity index (χ0n) is 11.7. The Bertz CT molecular complexity index is 399. The standard InChI is InChI=1S/C14H22N2O2S/c1-11(19-3)12-5-4-6-13(9-12)16-14(17)10-15-7-8-18-2/h4-6,9,11,15H,7-8,10H2,1-3H3,(H,16,17)/t11-/m1/s1. The van der Waals surface area contributed by atoms with Crippen molar-refractivity contribution in [3.63, 3.8) is 0 Å². The maximum Gasteiger partial charge on any atom is 0.238 e. The Morgan fingerprint density at radius 2 is 2.26 bits per heavy atom. The van der Waals surface area contributed by atoms with Crippen molar-refractivity contribution in [1.29, 1.82) is 0 Å². The number of rotatable bonds is 8. The van der Waals surface area contributed by atoms with Crippen LogP contribution in [0.15, 0.2) is 24.3 Å². The summed E-state index contributed by atoms with van der Waals surface area (Å²) in [6.45, 7) is 3.73. The number of carbonyl (C=O) groups is 1. The van der Waals surface area contributed by atoms with E-state index in [-0.39, 0.29) is 5.91 Å². The van der Waals surface area contributed by atoms with Gasteiger partial charge in [-0.1, -0.05) is 12.1 Å². The number of benzene rings is 1. The molecule has 0 bridgehead atoms. The van der Waals surface area contributed by atoms with Crippen molar-refractivity contribution in [2.75, 3.05) is 38.4 Å². The monoisotopic (exact) mass is 282 g/mol. The summed E-state index contributed by atoms with van der Waals surface area (Å²) in [6.07, 6.45) is 2.08. The summed E-state index contributed by atoms with van der Waals surface area (Å²) in [5.41, 5.74) is 2.06. The van der Waals surface area contributed by atoms with Crippen LogP contribution in [0.3, 0.4) is 0 Å². The van der Waals surface area contributed by atoms with Crippen LogP contribution >= 0.6 is 11.8 Å². The minimum Gasteiger partial charge on any atom is -0.383 e. The van der Waals surface area contributed by atoms with Crippen molar-refractivity contribution >= 4 is 23.4 Å². The average molecular weight is 282 g/mol. The normalized spacial score (nSPS) is 12.2. The summed E-state index contributed by atoms with van der Waals surface area (Å²) in [4.78, 5) is 11.7. The first-order chi connectivity index (χ1) is 9.17. The molecule has 5 heteroatoms. The molecule has 19 heavy (non-hydrogen) atoms. The van der Waals surface area contributed by atoms with Crippen LogP contribution in [0.1, 0.15) is 17.7 Å². The van der Waals surface area contributed by atoms with Crippen LogP contribution in [0.2, 0.25) is 0 Å². The van der Waals surface area contributed by atoms with Crippen molar-refractivity contribution in [1.82, 2.24) is 5.32 Å². The summed E-state index contributed by atoms with van der Waals surface area (Å²) >= 11 is 1.79. The minimum absolute atomic E-state index is 0.0370. The SMILES string of the molecule is COCCNCC(=O)Nc1cccc([C@@H](C)SC)c1. The average Bonchev–Trinajstić information content (AvgIpc) is 2.43. The second-order valence-electron chi connectivity index (χ2n) is 4.22. The van der Waals surface area contributed by atoms with Gasteiger partial charge in [0.25, 0.3) is 0 Å². The van der Waals surface area contributed by atoms with Gasteiger partial charge < -0.3 is 15.4 Å². The predicted molar refractivity (Wildman–Crippen MR) is 81.7 cm³/mol. The fourth-order valence-corrected chi connectivity index (χ4v) is 2.01. The molecule has 0 saturated carbocycles. The molecule has 0 aliphatic rings. The molecule has 1 rings (SSSR count). The van der Waals surface area contributed by atoms with E-state index in [1.54, 1.807) is 18.9 Å². The predicted octanol–water partition coefficient (Wildman–Crippen LogP) is 2.29. The van der Waals surface area contributed by atoms with Crippen molar-refractivity contribution in [2.24, 2.45) is 0 Å². The van der Waals surface area contributed by atoms with E-state index in [0.29, 0.717) is 24.9 Å². The number of amides is 1. The Hall–Kier alpha value is -1.04. The number of carbonyl (C=O) groups excluding carboxylic acids is 1. The second kappa shape index (κ2) is 8.96. The van der Waals surface area contributed by atoms with Crippen LogP contribution in [0.25, 0.3) is 0 Å². The lowest BCUT2D eigenvalue weighted by atomic mass is 10.1. The number of hydrogen-bond acceptors (Lipinski definition) is 4. The van der Waals surface area contributed by atoms with Crippen molar-refractivity contribution < 1.29 is 9.53 Å². The number of ether oxygens (including phenoxy) is 1. The Morgan fingerprint density at radius 1 is 1.47 bits per heavy atom. The third-order valence-corrected chi connectivity index (χ3v) is 3.74. The van der Waals surface area contributed by atoms with Crippen molar-refractivity contribution in [2.45, 2.75) is 12.2 Å². The largest absolute Gasteiger partial charge is 0.383 e. The Balaban J connectivity index is 2.45. The molecule has 1 amide bonds. The van der Waals surface area contributed by atoms with Crippen LogP contribution < -0.4 is 10.6 Å². The van der Waals surface area contributed by atoms with Crippen LogP contribution in [-0.2, 0) is 9.53 Å². The van der Waals surface area contributed by atoms with Gasteiger partial charge in [-0.25, -0.2) is 0 Å². The molecule has 0 fully saturated rings. The van der Waals surface area contributed by atoms with Gasteiger partial charge in [0.05, 0.1) is 13.2 Å². The Kier molecular flexibility index (Phi) is 7.55. The van der Waals surface area contributed by atoms with E-state index in [2.05, 4.69) is 29.9 Å². The van der Waals surface area contributed by atoms with E-state index in [9.17, 15) is 4.79 Å². The molecule has 0 unspecified atom stereocenters. The maximum atomic E-state index is 11.7. The van der Waals surface area contributed by atoms with E-state index in [1.165, 1.54) is 5.56 Å². The molecule has 0 spiro atoms. The van der Waals surface area contributed by atoms with Gasteiger partial charge in [0.15, 0.2) is 0 Å². The Morgan fingerprint density at radius 3 is 2.95 bits per heavy atom. The van der Waals surface area contributed by atoms with Crippen LogP contribution in [-0.4, -0.2) is 39.0 Å². The van der Waals surface area contributed by atoms with Crippen molar-refractivity contribution in [3.8, 4) is 0 Å². The van der Waals surface area contributed by atoms with Gasteiger partial charge in [-0.3, -0.25) is 4.79 Å². The highest BCUT2D eigenvalue weighted by Crippen LogP contribution is 2.27. The van der Waals surface area contributed by atoms with Gasteiger partial charge >= 0.3 is 0 Å². The van der Waals surface area contributed by atoms with Gasteiger partial charge in [0.2, 0.25) is 5.91 Å². The van der Waals surface area contributed by atoms with E-state index in [4.69, 9.17) is 4.74 Å². The van der Waals surface area contributed by atoms with Gasteiger partial charge in [-0.05, 0) is 30.9 Å². The lowest BCUT2D eigenvalue weighted by molar-refractivity contribution is -0.115. The van der Waals surface area contributed by atoms with Gasteiger partial charge in [-0.2, -0.15) is 11.8 Å². The van der Waals surface area contributed by atoms with Gasteiger partial charge in [-0.15, -0.1) is 0 Å². The Labute approximate surface area is 119 Å². The molecule has 1 aromatic rings. The number of methoxy groups -OCH3 is 1. The first kappa shape index (κ1) is 16.0. The van der Waals surface area contributed by atoms with E-state index >= 15 is 0 Å². The quantitative estimate of drug-likeness (QED) is 0.718. The highest BCUT2D eigenvalue weighted by molar-refractivity contribution is 7.98. The first-order valence-electron chi connectivity index (χ1n) is 6.29. The molecule has 0 aromatic heterocycles. The third kappa shape index (κ3) is 6.09. The summed E-state index contributed by atoms with van der Waals surface area (Å²) in [5.74, 6) is -0.0370. The number of nitrogens with one attached hydrogen (secondary N) is 2. The number of anilines is 1. The summed E-state index contributed by atoms with van der Waals surface area (Å²) < 4.78 is 4.90. The first-order valence-corrected chi connectivity index (χ1v) is 7.58. The van der Waals surface area contributed by atoms with Crippen molar-refractivity contribution in [3.05, 3.63) is 29.8 Å². The molecular weight excluding hydrogens is 260 g/mol. The maximum absolute atomic E-state index is 11.7. The molecular formula is C14H22N2O2S. The summed E-state index contributed by atoms with van der Waals surface area (Å²) in [5, 5.41) is 6.33. The molecule has 2 N–H and O–H groups in total. The van der Waals surface area contributed by atoms with Crippen LogP contribution in [0.4, 0.5) is 5.69 Å². The molecule has 0 saturated heterocycles. The van der Waals surface area contributed by atoms with E-state index in [0.717, 1.165) is 5.69 Å². The highest BCUT2D eigenvalue weighted by Gasteiger charge is 2.06. The second-order valence-corrected chi connectivity index (χ2v) is 5.40. The molecule has 4 nitrogen and oxygen atoms in total. The molecule has 0 heterocycles. The molecule has 0 aliphatic heterocycles. The third-order valence-electron chi connectivity index (χ3n) is 2.76. The lowest BCUT2D eigenvalue weighted by Crippen LogP contribution is -2.30. The number of hydrogen-bond donors (Lipinski definition) is 2. The fourth-order valence-electron chi connectivity index (χ4n) is 1.59. The fraction of sp³-hybridized carbons (Fsp3) is 0.500. The molecule has 0 aliphatic carbocycles. The number of thioether (sulfide) groups is 1. The highest BCUT2D eigenvalue weighted by atomic mass is 32.2. The van der Waals surface area contributed by atoms with Gasteiger partial charge in [0.1, 0.15) is 0 Å². The zero-order chi connectivity index (χ0) is 14.1. The van der Waals surface area contributed by atoms with Gasteiger partial charge in [0, 0.05) is 24.6 Å². The topological polar surface area (TPSA) is 50.4 Å². The smallest absolute Gasteiger partial charge is 0.238 e. The van der Waals surface area contributed by atoms with E-state index < -0.39 is 0 Å². The van der Waals surface area contributed by atoms with Crippen LogP contribution in [0.5, 0.6) is 0 Å². The molecule has 106 valence electrons. The molecule has 0 radical (unpaired) electrons.